The van der Waals surface area contributed by atoms with Gasteiger partial charge in [0.1, 0.15) is 0 Å². The highest BCUT2D eigenvalue weighted by Gasteiger charge is 2.35. The van der Waals surface area contributed by atoms with Crippen molar-refractivity contribution in [1.82, 2.24) is 9.78 Å². The van der Waals surface area contributed by atoms with Crippen molar-refractivity contribution in [1.29, 1.82) is 0 Å². The number of hydrogen-bond donors (Lipinski definition) is 1. The maximum atomic E-state index is 11.7. The van der Waals surface area contributed by atoms with Gasteiger partial charge in [-0.3, -0.25) is 4.68 Å². The van der Waals surface area contributed by atoms with Gasteiger partial charge in [0, 0.05) is 19.3 Å². The zero-order valence-electron chi connectivity index (χ0n) is 11.4. The zero-order chi connectivity index (χ0) is 13.5. The van der Waals surface area contributed by atoms with Gasteiger partial charge in [-0.2, -0.15) is 5.10 Å². The lowest BCUT2D eigenvalue weighted by molar-refractivity contribution is 0.579. The third-order valence-electron chi connectivity index (χ3n) is 3.84. The summed E-state index contributed by atoms with van der Waals surface area (Å²) in [5.41, 5.74) is 2.96. The predicted molar refractivity (Wildman–Crippen MR) is 72.6 cm³/mol. The smallest absolute Gasteiger partial charge is 0.152 e. The number of sulfone groups is 1. The van der Waals surface area contributed by atoms with Crippen molar-refractivity contribution in [3.8, 4) is 0 Å². The van der Waals surface area contributed by atoms with Gasteiger partial charge in [0.15, 0.2) is 9.84 Å². The second-order valence-electron chi connectivity index (χ2n) is 5.22. The maximum Gasteiger partial charge on any atom is 0.152 e. The average molecular weight is 271 g/mol. The SMILES string of the molecule is Cc1nn(C)c(C)c1NC1CCCC1S(C)(=O)=O. The number of anilines is 1. The van der Waals surface area contributed by atoms with E-state index >= 15 is 0 Å². The molecule has 5 nitrogen and oxygen atoms in total. The van der Waals surface area contributed by atoms with E-state index in [-0.39, 0.29) is 11.3 Å². The first-order chi connectivity index (χ1) is 8.30. The van der Waals surface area contributed by atoms with Crippen molar-refractivity contribution in [2.75, 3.05) is 11.6 Å². The quantitative estimate of drug-likeness (QED) is 0.903. The molecule has 1 fully saturated rings. The van der Waals surface area contributed by atoms with Crippen LogP contribution >= 0.6 is 0 Å². The van der Waals surface area contributed by atoms with Crippen LogP contribution in [0.1, 0.15) is 30.7 Å². The van der Waals surface area contributed by atoms with Crippen molar-refractivity contribution >= 4 is 15.5 Å². The fourth-order valence-corrected chi connectivity index (χ4v) is 4.17. The summed E-state index contributed by atoms with van der Waals surface area (Å²) in [4.78, 5) is 0. The van der Waals surface area contributed by atoms with Gasteiger partial charge >= 0.3 is 0 Å². The van der Waals surface area contributed by atoms with E-state index in [0.717, 1.165) is 36.3 Å². The molecule has 1 aromatic heterocycles. The molecule has 0 aromatic carbocycles. The molecule has 0 bridgehead atoms. The summed E-state index contributed by atoms with van der Waals surface area (Å²) in [6, 6.07) is 0.0154. The molecular formula is C12H21N3O2S. The summed E-state index contributed by atoms with van der Waals surface area (Å²) in [7, 11) is -1.08. The summed E-state index contributed by atoms with van der Waals surface area (Å²) >= 11 is 0. The average Bonchev–Trinajstić information content (AvgIpc) is 2.79. The highest BCUT2D eigenvalue weighted by molar-refractivity contribution is 7.91. The fourth-order valence-electron chi connectivity index (χ4n) is 2.77. The van der Waals surface area contributed by atoms with E-state index in [1.807, 2.05) is 25.6 Å². The molecule has 0 spiro atoms. The lowest BCUT2D eigenvalue weighted by Crippen LogP contribution is -2.34. The molecule has 0 saturated heterocycles. The second-order valence-corrected chi connectivity index (χ2v) is 7.48. The van der Waals surface area contributed by atoms with Gasteiger partial charge < -0.3 is 5.32 Å². The van der Waals surface area contributed by atoms with Crippen LogP contribution in [0.15, 0.2) is 0 Å². The summed E-state index contributed by atoms with van der Waals surface area (Å²) in [6.45, 7) is 3.94. The van der Waals surface area contributed by atoms with Crippen molar-refractivity contribution in [2.45, 2.75) is 44.4 Å². The summed E-state index contributed by atoms with van der Waals surface area (Å²) in [5, 5.41) is 7.47. The predicted octanol–water partition coefficient (Wildman–Crippen LogP) is 1.41. The molecule has 1 aliphatic carbocycles. The number of aryl methyl sites for hydroxylation is 2. The highest BCUT2D eigenvalue weighted by atomic mass is 32.2. The van der Waals surface area contributed by atoms with Crippen molar-refractivity contribution < 1.29 is 8.42 Å². The highest BCUT2D eigenvalue weighted by Crippen LogP contribution is 2.30. The molecule has 102 valence electrons. The fraction of sp³-hybridized carbons (Fsp3) is 0.750. The molecular weight excluding hydrogens is 250 g/mol. The molecule has 18 heavy (non-hydrogen) atoms. The van der Waals surface area contributed by atoms with Crippen LogP contribution in [0.3, 0.4) is 0 Å². The van der Waals surface area contributed by atoms with Crippen LogP contribution in [0, 0.1) is 13.8 Å². The van der Waals surface area contributed by atoms with E-state index in [1.54, 1.807) is 0 Å². The Bertz CT molecular complexity index is 548. The molecule has 0 aliphatic heterocycles. The third kappa shape index (κ3) is 2.39. The molecule has 1 heterocycles. The first-order valence-corrected chi connectivity index (χ1v) is 8.21. The standard InChI is InChI=1S/C12H21N3O2S/c1-8-12(9(2)15(3)14-8)13-10-6-5-7-11(10)18(4,16)17/h10-11,13H,5-7H2,1-4H3. The van der Waals surface area contributed by atoms with E-state index in [0.29, 0.717) is 0 Å². The van der Waals surface area contributed by atoms with E-state index in [4.69, 9.17) is 0 Å². The molecule has 0 amide bonds. The van der Waals surface area contributed by atoms with Gasteiger partial charge in [0.25, 0.3) is 0 Å². The van der Waals surface area contributed by atoms with Gasteiger partial charge in [-0.05, 0) is 33.1 Å². The number of nitrogens with zero attached hydrogens (tertiary/aromatic N) is 2. The molecule has 2 unspecified atom stereocenters. The summed E-state index contributed by atoms with van der Waals surface area (Å²) in [5.74, 6) is 0. The van der Waals surface area contributed by atoms with Crippen molar-refractivity contribution in [3.63, 3.8) is 0 Å². The Morgan fingerprint density at radius 2 is 2.00 bits per heavy atom. The van der Waals surface area contributed by atoms with Gasteiger partial charge in [-0.15, -0.1) is 0 Å². The zero-order valence-corrected chi connectivity index (χ0v) is 12.2. The Morgan fingerprint density at radius 1 is 1.33 bits per heavy atom. The second kappa shape index (κ2) is 4.57. The lowest BCUT2D eigenvalue weighted by atomic mass is 10.2. The number of rotatable bonds is 3. The van der Waals surface area contributed by atoms with E-state index in [1.165, 1.54) is 6.26 Å². The van der Waals surface area contributed by atoms with Crippen LogP contribution in [-0.4, -0.2) is 35.7 Å². The third-order valence-corrected chi connectivity index (χ3v) is 5.51. The molecule has 6 heteroatoms. The Labute approximate surface area is 108 Å². The lowest BCUT2D eigenvalue weighted by Gasteiger charge is -2.20. The van der Waals surface area contributed by atoms with Gasteiger partial charge in [-0.1, -0.05) is 0 Å². The largest absolute Gasteiger partial charge is 0.378 e. The number of nitrogens with one attached hydrogen (secondary N) is 1. The minimum Gasteiger partial charge on any atom is -0.378 e. The normalized spacial score (nSPS) is 24.4. The van der Waals surface area contributed by atoms with Crippen LogP contribution < -0.4 is 5.32 Å². The molecule has 1 aromatic rings. The first kappa shape index (κ1) is 13.4. The van der Waals surface area contributed by atoms with Gasteiger partial charge in [0.05, 0.1) is 22.3 Å². The van der Waals surface area contributed by atoms with Crippen LogP contribution in [0.25, 0.3) is 0 Å². The van der Waals surface area contributed by atoms with E-state index in [9.17, 15) is 8.42 Å². The molecule has 2 rings (SSSR count). The maximum absolute atomic E-state index is 11.7. The van der Waals surface area contributed by atoms with Crippen molar-refractivity contribution in [2.24, 2.45) is 7.05 Å². The monoisotopic (exact) mass is 271 g/mol. The minimum atomic E-state index is -2.98. The Kier molecular flexibility index (Phi) is 3.40. The van der Waals surface area contributed by atoms with Crippen LogP contribution in [0.2, 0.25) is 0 Å². The van der Waals surface area contributed by atoms with Gasteiger partial charge in [-0.25, -0.2) is 8.42 Å². The molecule has 1 N–H and O–H groups in total. The Hall–Kier alpha value is -1.04. The van der Waals surface area contributed by atoms with Crippen LogP contribution in [0.5, 0.6) is 0 Å². The minimum absolute atomic E-state index is 0.0154. The molecule has 2 atom stereocenters. The van der Waals surface area contributed by atoms with E-state index < -0.39 is 9.84 Å². The topological polar surface area (TPSA) is 64.0 Å². The first-order valence-electron chi connectivity index (χ1n) is 6.26. The van der Waals surface area contributed by atoms with E-state index in [2.05, 4.69) is 10.4 Å². The van der Waals surface area contributed by atoms with Crippen molar-refractivity contribution in [3.05, 3.63) is 11.4 Å². The summed E-state index contributed by atoms with van der Waals surface area (Å²) < 4.78 is 25.3. The number of hydrogen-bond acceptors (Lipinski definition) is 4. The summed E-state index contributed by atoms with van der Waals surface area (Å²) in [6.07, 6.45) is 3.97. The number of aromatic nitrogens is 2. The van der Waals surface area contributed by atoms with Gasteiger partial charge in [0.2, 0.25) is 0 Å². The van der Waals surface area contributed by atoms with Crippen LogP contribution in [0.4, 0.5) is 5.69 Å². The Morgan fingerprint density at radius 3 is 2.50 bits per heavy atom. The molecule has 0 radical (unpaired) electrons. The Balaban J connectivity index is 2.24. The molecule has 1 aliphatic rings. The van der Waals surface area contributed by atoms with Crippen LogP contribution in [-0.2, 0) is 16.9 Å². The molecule has 1 saturated carbocycles.